The summed E-state index contributed by atoms with van der Waals surface area (Å²) in [5, 5.41) is 9.53. The van der Waals surface area contributed by atoms with Crippen molar-refractivity contribution in [3.05, 3.63) is 64.2 Å². The fourth-order valence-electron chi connectivity index (χ4n) is 3.11. The van der Waals surface area contributed by atoms with Gasteiger partial charge in [0.15, 0.2) is 0 Å². The maximum atomic E-state index is 10.7. The summed E-state index contributed by atoms with van der Waals surface area (Å²) in [7, 11) is 0. The number of benzene rings is 2. The van der Waals surface area contributed by atoms with Gasteiger partial charge in [0.1, 0.15) is 11.4 Å². The van der Waals surface area contributed by atoms with Crippen molar-refractivity contribution < 1.29 is 14.6 Å². The van der Waals surface area contributed by atoms with Gasteiger partial charge in [0.05, 0.1) is 0 Å². The number of aryl methyl sites for hydroxylation is 1. The molecule has 0 unspecified atom stereocenters. The molecule has 0 aliphatic carbocycles. The highest BCUT2D eigenvalue weighted by atomic mass is 35.5. The summed E-state index contributed by atoms with van der Waals surface area (Å²) >= 11 is 5.93. The number of aliphatic carboxylic acids is 1. The maximum Gasteiger partial charge on any atom is 0.303 e. The van der Waals surface area contributed by atoms with Crippen molar-refractivity contribution in [1.82, 2.24) is 0 Å². The molecule has 1 atom stereocenters. The highest BCUT2D eigenvalue weighted by Gasteiger charge is 2.35. The first-order valence-electron chi connectivity index (χ1n) is 7.71. The minimum atomic E-state index is -0.769. The van der Waals surface area contributed by atoms with Crippen molar-refractivity contribution in [2.45, 2.75) is 38.2 Å². The summed E-state index contributed by atoms with van der Waals surface area (Å²) in [6, 6.07) is 13.8. The third kappa shape index (κ3) is 3.85. The van der Waals surface area contributed by atoms with Gasteiger partial charge < -0.3 is 9.84 Å². The molecule has 0 amide bonds. The van der Waals surface area contributed by atoms with E-state index < -0.39 is 5.97 Å². The Kier molecular flexibility index (Phi) is 4.31. The van der Waals surface area contributed by atoms with Crippen LogP contribution in [0.5, 0.6) is 5.75 Å². The number of hydrogen-bond acceptors (Lipinski definition) is 2. The Bertz CT molecular complexity index is 724. The molecule has 0 bridgehead atoms. The third-order valence-corrected chi connectivity index (χ3v) is 4.42. The van der Waals surface area contributed by atoms with Crippen LogP contribution in [-0.2, 0) is 24.1 Å². The Morgan fingerprint density at radius 2 is 1.91 bits per heavy atom. The number of rotatable bonds is 5. The Morgan fingerprint density at radius 1 is 1.22 bits per heavy atom. The Hall–Kier alpha value is -2.00. The molecule has 0 fully saturated rings. The zero-order valence-electron chi connectivity index (χ0n) is 13.0. The van der Waals surface area contributed by atoms with E-state index in [2.05, 4.69) is 13.0 Å². The van der Waals surface area contributed by atoms with E-state index in [1.165, 1.54) is 5.56 Å². The second-order valence-electron chi connectivity index (χ2n) is 6.37. The van der Waals surface area contributed by atoms with Gasteiger partial charge in [0.2, 0.25) is 0 Å². The summed E-state index contributed by atoms with van der Waals surface area (Å²) in [5.74, 6) is 0.134. The van der Waals surface area contributed by atoms with E-state index in [1.54, 1.807) is 0 Å². The van der Waals surface area contributed by atoms with Crippen LogP contribution >= 0.6 is 11.6 Å². The summed E-state index contributed by atoms with van der Waals surface area (Å²) in [6.07, 6.45) is 2.34. The van der Waals surface area contributed by atoms with Crippen molar-refractivity contribution in [2.24, 2.45) is 0 Å². The molecule has 1 heterocycles. The molecule has 1 N–H and O–H groups in total. The first-order valence-corrected chi connectivity index (χ1v) is 8.08. The van der Waals surface area contributed by atoms with Gasteiger partial charge >= 0.3 is 5.97 Å². The zero-order valence-corrected chi connectivity index (χ0v) is 13.8. The van der Waals surface area contributed by atoms with E-state index in [9.17, 15) is 4.79 Å². The van der Waals surface area contributed by atoms with E-state index >= 15 is 0 Å². The lowest BCUT2D eigenvalue weighted by Gasteiger charge is -2.24. The van der Waals surface area contributed by atoms with Gasteiger partial charge in [-0.05, 0) is 48.2 Å². The number of carboxylic acid groups (broad SMARTS) is 1. The van der Waals surface area contributed by atoms with E-state index in [0.717, 1.165) is 34.7 Å². The van der Waals surface area contributed by atoms with Crippen LogP contribution in [0, 0.1) is 0 Å². The number of carboxylic acids is 1. The van der Waals surface area contributed by atoms with E-state index in [0.29, 0.717) is 6.42 Å². The first kappa shape index (κ1) is 15.9. The lowest BCUT2D eigenvalue weighted by Crippen LogP contribution is -2.32. The molecule has 0 spiro atoms. The van der Waals surface area contributed by atoms with Gasteiger partial charge in [-0.1, -0.05) is 35.9 Å². The second-order valence-corrected chi connectivity index (χ2v) is 6.80. The molecule has 0 radical (unpaired) electrons. The molecule has 3 nitrogen and oxygen atoms in total. The number of carbonyl (C=O) groups is 1. The van der Waals surface area contributed by atoms with Crippen molar-refractivity contribution >= 4 is 17.6 Å². The van der Waals surface area contributed by atoms with Gasteiger partial charge in [0, 0.05) is 24.3 Å². The highest BCUT2D eigenvalue weighted by Crippen LogP contribution is 2.37. The minimum absolute atomic E-state index is 0.154. The van der Waals surface area contributed by atoms with Gasteiger partial charge in [0.25, 0.3) is 0 Å². The molecule has 0 aromatic heterocycles. The van der Waals surface area contributed by atoms with Crippen molar-refractivity contribution in [1.29, 1.82) is 0 Å². The van der Waals surface area contributed by atoms with Crippen molar-refractivity contribution in [3.63, 3.8) is 0 Å². The number of hydrogen-bond donors (Lipinski definition) is 1. The largest absolute Gasteiger partial charge is 0.487 e. The van der Waals surface area contributed by atoms with Gasteiger partial charge in [-0.15, -0.1) is 0 Å². The van der Waals surface area contributed by atoms with Crippen LogP contribution in [0.1, 0.15) is 30.0 Å². The van der Waals surface area contributed by atoms with Gasteiger partial charge in [-0.2, -0.15) is 0 Å². The fourth-order valence-corrected chi connectivity index (χ4v) is 3.24. The summed E-state index contributed by atoms with van der Waals surface area (Å²) in [5.41, 5.74) is 3.12. The Balaban J connectivity index is 1.72. The van der Waals surface area contributed by atoms with Crippen LogP contribution < -0.4 is 4.74 Å². The number of ether oxygens (including phenoxy) is 1. The summed E-state index contributed by atoms with van der Waals surface area (Å²) in [6.45, 7) is 2.11. The fraction of sp³-hybridized carbons (Fsp3) is 0.316. The SMILES string of the molecule is C[C@]1(Cc2ccc(Cl)cc2)Cc2cc(CCC(=O)O)ccc2O1. The number of halogens is 1. The summed E-state index contributed by atoms with van der Waals surface area (Å²) in [4.78, 5) is 10.7. The molecular weight excluding hydrogens is 312 g/mol. The molecule has 2 aromatic carbocycles. The third-order valence-electron chi connectivity index (χ3n) is 4.16. The van der Waals surface area contributed by atoms with Crippen LogP contribution in [0.2, 0.25) is 5.02 Å². The lowest BCUT2D eigenvalue weighted by atomic mass is 9.91. The smallest absolute Gasteiger partial charge is 0.303 e. The minimum Gasteiger partial charge on any atom is -0.487 e. The van der Waals surface area contributed by atoms with E-state index in [1.807, 2.05) is 36.4 Å². The van der Waals surface area contributed by atoms with Crippen LogP contribution in [0.25, 0.3) is 0 Å². The average Bonchev–Trinajstić information content (AvgIpc) is 2.82. The molecule has 23 heavy (non-hydrogen) atoms. The standard InChI is InChI=1S/C19H19ClO3/c1-19(11-14-2-6-16(20)7-3-14)12-15-10-13(5-9-18(21)22)4-8-17(15)23-19/h2-4,6-8,10H,5,9,11-12H2,1H3,(H,21,22)/t19-/m0/s1. The van der Waals surface area contributed by atoms with Crippen LogP contribution in [0.15, 0.2) is 42.5 Å². The molecule has 1 aliphatic heterocycles. The van der Waals surface area contributed by atoms with Crippen molar-refractivity contribution in [2.75, 3.05) is 0 Å². The average molecular weight is 331 g/mol. The zero-order chi connectivity index (χ0) is 16.4. The van der Waals surface area contributed by atoms with Crippen LogP contribution in [-0.4, -0.2) is 16.7 Å². The monoisotopic (exact) mass is 330 g/mol. The van der Waals surface area contributed by atoms with Crippen LogP contribution in [0.4, 0.5) is 0 Å². The van der Waals surface area contributed by atoms with Crippen molar-refractivity contribution in [3.8, 4) is 5.75 Å². The highest BCUT2D eigenvalue weighted by molar-refractivity contribution is 6.30. The molecule has 4 heteroatoms. The lowest BCUT2D eigenvalue weighted by molar-refractivity contribution is -0.136. The predicted molar refractivity (Wildman–Crippen MR) is 90.3 cm³/mol. The normalized spacial score (nSPS) is 19.2. The Morgan fingerprint density at radius 3 is 2.61 bits per heavy atom. The van der Waals surface area contributed by atoms with Crippen LogP contribution in [0.3, 0.4) is 0 Å². The molecule has 0 saturated carbocycles. The van der Waals surface area contributed by atoms with Gasteiger partial charge in [-0.25, -0.2) is 0 Å². The quantitative estimate of drug-likeness (QED) is 0.889. The topological polar surface area (TPSA) is 46.5 Å². The molecule has 1 aliphatic rings. The molecular formula is C19H19ClO3. The second kappa shape index (κ2) is 6.25. The number of fused-ring (bicyclic) bond motifs is 1. The van der Waals surface area contributed by atoms with E-state index in [4.69, 9.17) is 21.4 Å². The Labute approximate surface area is 140 Å². The maximum absolute atomic E-state index is 10.7. The molecule has 0 saturated heterocycles. The summed E-state index contributed by atoms with van der Waals surface area (Å²) < 4.78 is 6.16. The first-order chi connectivity index (χ1) is 10.9. The van der Waals surface area contributed by atoms with Gasteiger partial charge in [-0.3, -0.25) is 4.79 Å². The van der Waals surface area contributed by atoms with E-state index in [-0.39, 0.29) is 12.0 Å². The molecule has 120 valence electrons. The predicted octanol–water partition coefficient (Wildman–Crippen LogP) is 4.29. The molecule has 3 rings (SSSR count). The molecule has 2 aromatic rings.